The molecule has 1 aliphatic carbocycles. The molecule has 2 aromatic carbocycles. The second-order valence-electron chi connectivity index (χ2n) is 6.99. The Hall–Kier alpha value is -2.30. The number of benzene rings is 2. The highest BCUT2D eigenvalue weighted by Crippen LogP contribution is 2.44. The van der Waals surface area contributed by atoms with Crippen LogP contribution >= 0.6 is 23.2 Å². The SMILES string of the molecule is COc1ccc(C2CC(=O)N(c3ccc(Cl)c(Cl)c3)C3=C2C(=O)CCC3)cc1. The summed E-state index contributed by atoms with van der Waals surface area (Å²) in [5.41, 5.74) is 3.12. The largest absolute Gasteiger partial charge is 0.497 e. The monoisotopic (exact) mass is 415 g/mol. The summed E-state index contributed by atoms with van der Waals surface area (Å²) in [6.07, 6.45) is 2.16. The lowest BCUT2D eigenvalue weighted by atomic mass is 9.77. The van der Waals surface area contributed by atoms with E-state index in [-0.39, 0.29) is 24.0 Å². The van der Waals surface area contributed by atoms with Crippen LogP contribution in [0.1, 0.15) is 37.2 Å². The molecule has 4 rings (SSSR count). The van der Waals surface area contributed by atoms with Crippen LogP contribution in [0, 0.1) is 0 Å². The Labute approximate surface area is 173 Å². The number of anilines is 1. The third kappa shape index (κ3) is 3.31. The molecule has 0 aromatic heterocycles. The molecule has 0 N–H and O–H groups in total. The Morgan fingerprint density at radius 2 is 1.75 bits per heavy atom. The lowest BCUT2D eigenvalue weighted by molar-refractivity contribution is -0.119. The number of methoxy groups -OCH3 is 1. The molecule has 1 unspecified atom stereocenters. The van der Waals surface area contributed by atoms with Crippen molar-refractivity contribution in [3.8, 4) is 5.75 Å². The molecule has 2 aromatic rings. The number of carbonyl (C=O) groups excluding carboxylic acids is 2. The molecular weight excluding hydrogens is 397 g/mol. The Morgan fingerprint density at radius 1 is 1.00 bits per heavy atom. The van der Waals surface area contributed by atoms with Gasteiger partial charge in [0.15, 0.2) is 5.78 Å². The molecule has 6 heteroatoms. The Morgan fingerprint density at radius 3 is 2.43 bits per heavy atom. The number of Topliss-reactive ketones (excluding diaryl/α,β-unsaturated/α-hetero) is 1. The average Bonchev–Trinajstić information content (AvgIpc) is 2.70. The molecule has 4 nitrogen and oxygen atoms in total. The number of hydrogen-bond donors (Lipinski definition) is 0. The highest BCUT2D eigenvalue weighted by Gasteiger charge is 2.39. The summed E-state index contributed by atoms with van der Waals surface area (Å²) in [6.45, 7) is 0. The third-order valence-corrected chi connectivity index (χ3v) is 6.09. The van der Waals surface area contributed by atoms with Gasteiger partial charge in [-0.25, -0.2) is 0 Å². The first kappa shape index (κ1) is 19.0. The van der Waals surface area contributed by atoms with Crippen molar-refractivity contribution < 1.29 is 14.3 Å². The highest BCUT2D eigenvalue weighted by atomic mass is 35.5. The van der Waals surface area contributed by atoms with Crippen molar-refractivity contribution in [2.24, 2.45) is 0 Å². The van der Waals surface area contributed by atoms with Gasteiger partial charge < -0.3 is 4.74 Å². The van der Waals surface area contributed by atoms with Crippen LogP contribution in [0.15, 0.2) is 53.7 Å². The van der Waals surface area contributed by atoms with E-state index >= 15 is 0 Å². The molecule has 0 saturated heterocycles. The minimum atomic E-state index is -0.236. The number of carbonyl (C=O) groups is 2. The van der Waals surface area contributed by atoms with Gasteiger partial charge in [-0.2, -0.15) is 0 Å². The van der Waals surface area contributed by atoms with Crippen LogP contribution in [0.2, 0.25) is 10.0 Å². The zero-order valence-corrected chi connectivity index (χ0v) is 16.9. The molecule has 0 fully saturated rings. The summed E-state index contributed by atoms with van der Waals surface area (Å²) < 4.78 is 5.22. The third-order valence-electron chi connectivity index (χ3n) is 5.35. The van der Waals surface area contributed by atoms with Gasteiger partial charge in [-0.1, -0.05) is 35.3 Å². The summed E-state index contributed by atoms with van der Waals surface area (Å²) in [4.78, 5) is 27.7. The van der Waals surface area contributed by atoms with Crippen LogP contribution in [-0.4, -0.2) is 18.8 Å². The summed E-state index contributed by atoms with van der Waals surface area (Å²) in [5, 5.41) is 0.813. The number of rotatable bonds is 3. The average molecular weight is 416 g/mol. The van der Waals surface area contributed by atoms with E-state index < -0.39 is 0 Å². The number of ether oxygens (including phenoxy) is 1. The molecule has 1 aliphatic heterocycles. The van der Waals surface area contributed by atoms with Gasteiger partial charge >= 0.3 is 0 Å². The Kier molecular flexibility index (Phi) is 5.17. The number of hydrogen-bond acceptors (Lipinski definition) is 3. The second-order valence-corrected chi connectivity index (χ2v) is 7.81. The molecule has 28 heavy (non-hydrogen) atoms. The first-order valence-electron chi connectivity index (χ1n) is 9.18. The zero-order chi connectivity index (χ0) is 19.8. The molecule has 144 valence electrons. The maximum absolute atomic E-state index is 13.1. The molecule has 0 bridgehead atoms. The number of nitrogens with zero attached hydrogens (tertiary/aromatic N) is 1. The predicted molar refractivity (Wildman–Crippen MR) is 110 cm³/mol. The molecule has 0 radical (unpaired) electrons. The van der Waals surface area contributed by atoms with Crippen molar-refractivity contribution >= 4 is 40.6 Å². The smallest absolute Gasteiger partial charge is 0.232 e. The van der Waals surface area contributed by atoms with Gasteiger partial charge in [0.1, 0.15) is 5.75 Å². The number of amides is 1. The molecular formula is C22H19Cl2NO3. The van der Waals surface area contributed by atoms with Gasteiger partial charge in [0.25, 0.3) is 0 Å². The van der Waals surface area contributed by atoms with Crippen LogP contribution in [0.25, 0.3) is 0 Å². The van der Waals surface area contributed by atoms with E-state index in [0.717, 1.165) is 29.0 Å². The summed E-state index contributed by atoms with van der Waals surface area (Å²) in [7, 11) is 1.61. The van der Waals surface area contributed by atoms with E-state index in [1.165, 1.54) is 0 Å². The van der Waals surface area contributed by atoms with Crippen LogP contribution in [0.5, 0.6) is 5.75 Å². The predicted octanol–water partition coefficient (Wildman–Crippen LogP) is 5.53. The molecule has 1 amide bonds. The van der Waals surface area contributed by atoms with Crippen LogP contribution in [0.4, 0.5) is 5.69 Å². The Balaban J connectivity index is 1.82. The van der Waals surface area contributed by atoms with Crippen molar-refractivity contribution in [2.75, 3.05) is 12.0 Å². The van der Waals surface area contributed by atoms with Crippen molar-refractivity contribution in [1.29, 1.82) is 0 Å². The van der Waals surface area contributed by atoms with E-state index in [1.54, 1.807) is 30.2 Å². The first-order chi connectivity index (χ1) is 13.5. The molecule has 0 spiro atoms. The van der Waals surface area contributed by atoms with E-state index in [2.05, 4.69) is 0 Å². The van der Waals surface area contributed by atoms with Crippen molar-refractivity contribution in [1.82, 2.24) is 0 Å². The van der Waals surface area contributed by atoms with Crippen molar-refractivity contribution in [2.45, 2.75) is 31.6 Å². The quantitative estimate of drug-likeness (QED) is 0.661. The highest BCUT2D eigenvalue weighted by molar-refractivity contribution is 6.42. The van der Waals surface area contributed by atoms with Gasteiger partial charge in [0.2, 0.25) is 5.91 Å². The first-order valence-corrected chi connectivity index (χ1v) is 9.93. The van der Waals surface area contributed by atoms with Gasteiger partial charge in [-0.15, -0.1) is 0 Å². The number of ketones is 1. The number of halogens is 2. The topological polar surface area (TPSA) is 46.6 Å². The summed E-state index contributed by atoms with van der Waals surface area (Å²) in [5.74, 6) is 0.569. The lowest BCUT2D eigenvalue weighted by Crippen LogP contribution is -2.40. The maximum atomic E-state index is 13.1. The van der Waals surface area contributed by atoms with E-state index in [4.69, 9.17) is 27.9 Å². The fourth-order valence-corrected chi connectivity index (χ4v) is 4.33. The molecule has 1 heterocycles. The molecule has 1 atom stereocenters. The lowest BCUT2D eigenvalue weighted by Gasteiger charge is -2.38. The van der Waals surface area contributed by atoms with Crippen molar-refractivity contribution in [3.05, 3.63) is 69.3 Å². The van der Waals surface area contributed by atoms with E-state index in [1.807, 2.05) is 24.3 Å². The van der Waals surface area contributed by atoms with Gasteiger partial charge in [-0.3, -0.25) is 14.5 Å². The van der Waals surface area contributed by atoms with Crippen LogP contribution in [0.3, 0.4) is 0 Å². The fourth-order valence-electron chi connectivity index (χ4n) is 4.04. The van der Waals surface area contributed by atoms with Crippen LogP contribution in [-0.2, 0) is 9.59 Å². The minimum absolute atomic E-state index is 0.0485. The Bertz CT molecular complexity index is 982. The minimum Gasteiger partial charge on any atom is -0.497 e. The van der Waals surface area contributed by atoms with Crippen molar-refractivity contribution in [3.63, 3.8) is 0 Å². The van der Waals surface area contributed by atoms with E-state index in [9.17, 15) is 9.59 Å². The van der Waals surface area contributed by atoms with Gasteiger partial charge in [0, 0.05) is 30.0 Å². The maximum Gasteiger partial charge on any atom is 0.232 e. The zero-order valence-electron chi connectivity index (χ0n) is 15.4. The summed E-state index contributed by atoms with van der Waals surface area (Å²) in [6, 6.07) is 12.7. The van der Waals surface area contributed by atoms with E-state index in [0.29, 0.717) is 28.6 Å². The molecule has 0 saturated carbocycles. The van der Waals surface area contributed by atoms with Gasteiger partial charge in [-0.05, 0) is 48.7 Å². The van der Waals surface area contributed by atoms with Gasteiger partial charge in [0.05, 0.1) is 22.8 Å². The summed E-state index contributed by atoms with van der Waals surface area (Å²) >= 11 is 12.2. The second kappa shape index (κ2) is 7.61. The molecule has 2 aliphatic rings. The number of allylic oxidation sites excluding steroid dienone is 2. The van der Waals surface area contributed by atoms with Crippen LogP contribution < -0.4 is 9.64 Å². The standard InChI is InChI=1S/C22H19Cl2NO3/c1-28-15-8-5-13(6-9-15)16-12-21(27)25(14-7-10-17(23)18(24)11-14)19-3-2-4-20(26)22(16)19/h5-11,16H,2-4,12H2,1H3. The normalized spacial score (nSPS) is 19.7. The fraction of sp³-hybridized carbons (Fsp3) is 0.273.